The first-order valence-electron chi connectivity index (χ1n) is 9.27. The summed E-state index contributed by atoms with van der Waals surface area (Å²) in [5.41, 5.74) is 3.69. The lowest BCUT2D eigenvalue weighted by Crippen LogP contribution is -2.37. The number of hydrogen-bond donors (Lipinski definition) is 0. The van der Waals surface area contributed by atoms with E-state index in [0.717, 1.165) is 5.69 Å². The van der Waals surface area contributed by atoms with E-state index < -0.39 is 8.07 Å². The fourth-order valence-corrected chi connectivity index (χ4v) is 7.29. The molecule has 0 saturated heterocycles. The molecule has 0 unspecified atom stereocenters. The van der Waals surface area contributed by atoms with E-state index in [9.17, 15) is 0 Å². The molecule has 0 fully saturated rings. The van der Waals surface area contributed by atoms with Crippen molar-refractivity contribution < 1.29 is 0 Å². The van der Waals surface area contributed by atoms with Crippen molar-refractivity contribution in [3.8, 4) is 11.3 Å². The molecule has 0 aliphatic carbocycles. The lowest BCUT2D eigenvalue weighted by atomic mass is 10.0. The van der Waals surface area contributed by atoms with Gasteiger partial charge in [-0.3, -0.25) is 4.98 Å². The zero-order valence-electron chi connectivity index (χ0n) is 16.1. The van der Waals surface area contributed by atoms with Gasteiger partial charge >= 0.3 is 0 Å². The Morgan fingerprint density at radius 1 is 0.885 bits per heavy atom. The summed E-state index contributed by atoms with van der Waals surface area (Å²) < 4.78 is 2.83. The van der Waals surface area contributed by atoms with Gasteiger partial charge in [0.2, 0.25) is 0 Å². The minimum absolute atomic E-state index is 0.511. The Bertz CT molecular complexity index is 1100. The third kappa shape index (κ3) is 2.89. The molecule has 0 aliphatic heterocycles. The maximum atomic E-state index is 4.70. The predicted molar refractivity (Wildman–Crippen MR) is 120 cm³/mol. The van der Waals surface area contributed by atoms with Crippen LogP contribution >= 0.6 is 11.3 Å². The highest BCUT2D eigenvalue weighted by molar-refractivity contribution is 7.28. The van der Waals surface area contributed by atoms with Crippen LogP contribution in [0.4, 0.5) is 0 Å². The van der Waals surface area contributed by atoms with Gasteiger partial charge in [-0.05, 0) is 28.8 Å². The van der Waals surface area contributed by atoms with Crippen LogP contribution in [0.5, 0.6) is 0 Å². The molecular weight excluding hydrogens is 350 g/mol. The summed E-state index contributed by atoms with van der Waals surface area (Å²) in [6.45, 7) is 11.8. The zero-order chi connectivity index (χ0) is 18.5. The molecule has 4 rings (SSSR count). The van der Waals surface area contributed by atoms with Crippen LogP contribution in [0, 0.1) is 0 Å². The molecule has 132 valence electrons. The predicted octanol–water partition coefficient (Wildman–Crippen LogP) is 6.79. The Morgan fingerprint density at radius 3 is 2.27 bits per heavy atom. The molecule has 0 atom stereocenters. The molecule has 2 heterocycles. The Morgan fingerprint density at radius 2 is 1.58 bits per heavy atom. The number of fused-ring (bicyclic) bond motifs is 3. The van der Waals surface area contributed by atoms with Gasteiger partial charge in [-0.15, -0.1) is 11.3 Å². The summed E-state index contributed by atoms with van der Waals surface area (Å²) in [6, 6.07) is 17.9. The molecule has 0 aliphatic rings. The third-order valence-electron chi connectivity index (χ3n) is 5.06. The van der Waals surface area contributed by atoms with Gasteiger partial charge in [0, 0.05) is 31.9 Å². The minimum atomic E-state index is -1.39. The highest BCUT2D eigenvalue weighted by Gasteiger charge is 2.22. The maximum Gasteiger partial charge on any atom is 0.0794 e. The van der Waals surface area contributed by atoms with Crippen LogP contribution in [-0.4, -0.2) is 13.1 Å². The number of benzene rings is 2. The molecule has 0 amide bonds. The first kappa shape index (κ1) is 17.4. The lowest BCUT2D eigenvalue weighted by molar-refractivity contribution is 0.864. The number of rotatable bonds is 3. The first-order chi connectivity index (χ1) is 12.4. The third-order valence-corrected chi connectivity index (χ3v) is 8.56. The van der Waals surface area contributed by atoms with Gasteiger partial charge in [0.05, 0.1) is 13.8 Å². The van der Waals surface area contributed by atoms with Crippen molar-refractivity contribution in [3.63, 3.8) is 0 Å². The van der Waals surface area contributed by atoms with Crippen LogP contribution in [-0.2, 0) is 0 Å². The summed E-state index contributed by atoms with van der Waals surface area (Å²) in [7, 11) is -1.39. The molecule has 0 spiro atoms. The topological polar surface area (TPSA) is 12.9 Å². The quantitative estimate of drug-likeness (QED) is 0.359. The normalized spacial score (nSPS) is 12.4. The Kier molecular flexibility index (Phi) is 4.24. The van der Waals surface area contributed by atoms with Gasteiger partial charge in [-0.25, -0.2) is 0 Å². The van der Waals surface area contributed by atoms with E-state index in [0.29, 0.717) is 5.92 Å². The fraction of sp³-hybridized carbons (Fsp3) is 0.261. The van der Waals surface area contributed by atoms with Crippen LogP contribution in [0.15, 0.2) is 54.7 Å². The molecule has 1 nitrogen and oxygen atoms in total. The average molecular weight is 376 g/mol. The van der Waals surface area contributed by atoms with Crippen molar-refractivity contribution in [1.29, 1.82) is 0 Å². The lowest BCUT2D eigenvalue weighted by Gasteiger charge is -2.17. The SMILES string of the molecule is CC(C)c1ccnc(-c2cccc3c2sc2c([Si](C)(C)C)cccc23)c1. The highest BCUT2D eigenvalue weighted by Crippen LogP contribution is 2.39. The summed E-state index contributed by atoms with van der Waals surface area (Å²) in [5.74, 6) is 0.511. The molecule has 0 saturated carbocycles. The zero-order valence-corrected chi connectivity index (χ0v) is 17.9. The standard InChI is InChI=1S/C23H25NSSi/c1-15(2)16-12-13-24-20(14-16)19-10-6-8-17-18-9-7-11-21(26(3,4)5)23(18)25-22(17)19/h6-15H,1-5H3. The van der Waals surface area contributed by atoms with E-state index in [1.54, 1.807) is 5.19 Å². The van der Waals surface area contributed by atoms with E-state index in [-0.39, 0.29) is 0 Å². The number of nitrogens with zero attached hydrogens (tertiary/aromatic N) is 1. The van der Waals surface area contributed by atoms with E-state index in [2.05, 4.69) is 82.0 Å². The number of pyridine rings is 1. The second-order valence-corrected chi connectivity index (χ2v) is 14.4. The minimum Gasteiger partial charge on any atom is -0.256 e. The van der Waals surface area contributed by atoms with Crippen LogP contribution in [0.1, 0.15) is 25.3 Å². The molecule has 26 heavy (non-hydrogen) atoms. The molecule has 2 aromatic carbocycles. The van der Waals surface area contributed by atoms with Crippen molar-refractivity contribution >= 4 is 44.8 Å². The van der Waals surface area contributed by atoms with Crippen LogP contribution in [0.25, 0.3) is 31.4 Å². The number of aromatic nitrogens is 1. The fourth-order valence-electron chi connectivity index (χ4n) is 3.57. The molecule has 2 aromatic heterocycles. The smallest absolute Gasteiger partial charge is 0.0794 e. The Balaban J connectivity index is 2.02. The van der Waals surface area contributed by atoms with E-state index in [1.807, 2.05) is 17.5 Å². The molecule has 0 radical (unpaired) electrons. The second kappa shape index (κ2) is 6.33. The van der Waals surface area contributed by atoms with Crippen molar-refractivity contribution in [1.82, 2.24) is 4.98 Å². The molecule has 0 bridgehead atoms. The molecular formula is C23H25NSSi. The van der Waals surface area contributed by atoms with E-state index in [4.69, 9.17) is 4.98 Å². The maximum absolute atomic E-state index is 4.70. The number of hydrogen-bond acceptors (Lipinski definition) is 2. The van der Waals surface area contributed by atoms with Crippen molar-refractivity contribution in [2.75, 3.05) is 0 Å². The Hall–Kier alpha value is -1.97. The second-order valence-electron chi connectivity index (χ2n) is 8.35. The monoisotopic (exact) mass is 375 g/mol. The van der Waals surface area contributed by atoms with Crippen molar-refractivity contribution in [2.45, 2.75) is 39.4 Å². The van der Waals surface area contributed by atoms with E-state index >= 15 is 0 Å². The van der Waals surface area contributed by atoms with Gasteiger partial charge in [-0.1, -0.05) is 69.9 Å². The number of thiophene rings is 1. The van der Waals surface area contributed by atoms with E-state index in [1.165, 1.54) is 31.3 Å². The molecule has 0 N–H and O–H groups in total. The van der Waals surface area contributed by atoms with Gasteiger partial charge < -0.3 is 0 Å². The Labute approximate surface area is 160 Å². The van der Waals surface area contributed by atoms with Gasteiger partial charge in [0.15, 0.2) is 0 Å². The van der Waals surface area contributed by atoms with Crippen LogP contribution < -0.4 is 5.19 Å². The average Bonchev–Trinajstić information content (AvgIpc) is 2.99. The van der Waals surface area contributed by atoms with Crippen LogP contribution in [0.3, 0.4) is 0 Å². The summed E-state index contributed by atoms with van der Waals surface area (Å²) >= 11 is 1.95. The molecule has 4 aromatic rings. The summed E-state index contributed by atoms with van der Waals surface area (Å²) in [6.07, 6.45) is 1.95. The van der Waals surface area contributed by atoms with Crippen LogP contribution in [0.2, 0.25) is 19.6 Å². The van der Waals surface area contributed by atoms with Gasteiger partial charge in [-0.2, -0.15) is 0 Å². The van der Waals surface area contributed by atoms with Crippen molar-refractivity contribution in [2.24, 2.45) is 0 Å². The van der Waals surface area contributed by atoms with Crippen molar-refractivity contribution in [3.05, 3.63) is 60.3 Å². The van der Waals surface area contributed by atoms with Gasteiger partial charge in [0.1, 0.15) is 0 Å². The summed E-state index contributed by atoms with van der Waals surface area (Å²) in [5, 5.41) is 4.32. The summed E-state index contributed by atoms with van der Waals surface area (Å²) in [4.78, 5) is 4.70. The largest absolute Gasteiger partial charge is 0.256 e. The van der Waals surface area contributed by atoms with Gasteiger partial charge in [0.25, 0.3) is 0 Å². The highest BCUT2D eigenvalue weighted by atomic mass is 32.1. The molecule has 3 heteroatoms. The first-order valence-corrected chi connectivity index (χ1v) is 13.6.